The molecular weight excluding hydrogens is 480 g/mol. The number of phenolic OH excluding ortho intramolecular Hbond substituents is 1. The van der Waals surface area contributed by atoms with Crippen molar-refractivity contribution in [1.29, 1.82) is 0 Å². The SMILES string of the molecule is COc1cc(/C=C/C(=O)Nc2cccc(COc3ccc(OC4CCNCC4)cc3)c2)ccc1O.Cl. The van der Waals surface area contributed by atoms with E-state index < -0.39 is 0 Å². The first-order chi connectivity index (χ1) is 17.1. The van der Waals surface area contributed by atoms with Gasteiger partial charge in [0.05, 0.1) is 7.11 Å². The van der Waals surface area contributed by atoms with Crippen LogP contribution in [0.1, 0.15) is 24.0 Å². The Kier molecular flexibility index (Phi) is 10.0. The van der Waals surface area contributed by atoms with Gasteiger partial charge >= 0.3 is 0 Å². The van der Waals surface area contributed by atoms with Gasteiger partial charge in [0, 0.05) is 11.8 Å². The Morgan fingerprint density at radius 3 is 2.56 bits per heavy atom. The highest BCUT2D eigenvalue weighted by molar-refractivity contribution is 6.02. The third-order valence-electron chi connectivity index (χ3n) is 5.64. The molecule has 190 valence electrons. The highest BCUT2D eigenvalue weighted by Gasteiger charge is 2.14. The number of ether oxygens (including phenoxy) is 3. The van der Waals surface area contributed by atoms with Crippen LogP contribution in [0.25, 0.3) is 6.08 Å². The largest absolute Gasteiger partial charge is 0.504 e. The van der Waals surface area contributed by atoms with Crippen LogP contribution < -0.4 is 24.8 Å². The second kappa shape index (κ2) is 13.4. The minimum absolute atomic E-state index is 0. The van der Waals surface area contributed by atoms with Crippen molar-refractivity contribution in [3.8, 4) is 23.0 Å². The van der Waals surface area contributed by atoms with E-state index in [1.54, 1.807) is 18.2 Å². The third-order valence-corrected chi connectivity index (χ3v) is 5.64. The Bertz CT molecular complexity index is 1160. The second-order valence-corrected chi connectivity index (χ2v) is 8.28. The average molecular weight is 511 g/mol. The zero-order chi connectivity index (χ0) is 24.5. The monoisotopic (exact) mass is 510 g/mol. The summed E-state index contributed by atoms with van der Waals surface area (Å²) >= 11 is 0. The standard InChI is InChI=1S/C28H30N2O5.ClH/c1-33-27-18-20(5-11-26(27)31)6-12-28(32)30-22-4-2-3-21(17-22)19-34-23-7-9-24(10-8-23)35-25-13-15-29-16-14-25;/h2-12,17-18,25,29,31H,13-16,19H2,1H3,(H,30,32);1H/b12-6+;. The van der Waals surface area contributed by atoms with Gasteiger partial charge in [0.25, 0.3) is 0 Å². The van der Waals surface area contributed by atoms with Gasteiger partial charge in [0.2, 0.25) is 5.91 Å². The lowest BCUT2D eigenvalue weighted by Gasteiger charge is -2.23. The smallest absolute Gasteiger partial charge is 0.248 e. The van der Waals surface area contributed by atoms with Crippen LogP contribution in [0.15, 0.2) is 72.8 Å². The number of phenols is 1. The molecule has 1 heterocycles. The molecule has 4 rings (SSSR count). The molecule has 1 saturated heterocycles. The van der Waals surface area contributed by atoms with E-state index in [4.69, 9.17) is 14.2 Å². The van der Waals surface area contributed by atoms with Gasteiger partial charge in [-0.2, -0.15) is 0 Å². The predicted octanol–water partition coefficient (Wildman–Crippen LogP) is 5.18. The molecule has 8 heteroatoms. The van der Waals surface area contributed by atoms with Crippen LogP contribution in [-0.2, 0) is 11.4 Å². The van der Waals surface area contributed by atoms with Crippen molar-refractivity contribution in [2.75, 3.05) is 25.5 Å². The molecule has 3 N–H and O–H groups in total. The van der Waals surface area contributed by atoms with E-state index in [1.807, 2.05) is 48.5 Å². The Labute approximate surface area is 217 Å². The highest BCUT2D eigenvalue weighted by Crippen LogP contribution is 2.27. The molecule has 0 unspecified atom stereocenters. The average Bonchev–Trinajstić information content (AvgIpc) is 2.88. The van der Waals surface area contributed by atoms with Crippen LogP contribution in [0.2, 0.25) is 0 Å². The van der Waals surface area contributed by atoms with Gasteiger partial charge in [-0.15, -0.1) is 12.4 Å². The molecule has 3 aromatic rings. The Morgan fingerprint density at radius 2 is 1.81 bits per heavy atom. The number of methoxy groups -OCH3 is 1. The van der Waals surface area contributed by atoms with Crippen molar-refractivity contribution >= 4 is 30.1 Å². The molecule has 0 spiro atoms. The molecular formula is C28H31ClN2O5. The van der Waals surface area contributed by atoms with Crippen molar-refractivity contribution in [1.82, 2.24) is 5.32 Å². The topological polar surface area (TPSA) is 89.1 Å². The molecule has 0 aromatic heterocycles. The summed E-state index contributed by atoms with van der Waals surface area (Å²) in [5, 5.41) is 15.9. The molecule has 1 amide bonds. The lowest BCUT2D eigenvalue weighted by atomic mass is 10.1. The quantitative estimate of drug-likeness (QED) is 0.343. The summed E-state index contributed by atoms with van der Waals surface area (Å²) in [6.07, 6.45) is 5.39. The summed E-state index contributed by atoms with van der Waals surface area (Å²) in [5.41, 5.74) is 2.35. The molecule has 0 bridgehead atoms. The number of halogens is 1. The van der Waals surface area contributed by atoms with Gasteiger partial charge < -0.3 is 30.0 Å². The van der Waals surface area contributed by atoms with Crippen molar-refractivity contribution in [3.05, 3.63) is 83.9 Å². The fraction of sp³-hybridized carbons (Fsp3) is 0.250. The lowest BCUT2D eigenvalue weighted by molar-refractivity contribution is -0.111. The van der Waals surface area contributed by atoms with E-state index in [1.165, 1.54) is 19.3 Å². The lowest BCUT2D eigenvalue weighted by Crippen LogP contribution is -2.34. The van der Waals surface area contributed by atoms with Crippen molar-refractivity contribution in [3.63, 3.8) is 0 Å². The highest BCUT2D eigenvalue weighted by atomic mass is 35.5. The second-order valence-electron chi connectivity index (χ2n) is 8.28. The first kappa shape index (κ1) is 26.9. The van der Waals surface area contributed by atoms with Crippen molar-refractivity contribution in [2.45, 2.75) is 25.6 Å². The van der Waals surface area contributed by atoms with E-state index >= 15 is 0 Å². The molecule has 1 fully saturated rings. The van der Waals surface area contributed by atoms with E-state index in [2.05, 4.69) is 10.6 Å². The summed E-state index contributed by atoms with van der Waals surface area (Å²) < 4.78 is 17.0. The Hall–Kier alpha value is -3.68. The number of carbonyl (C=O) groups excluding carboxylic acids is 1. The molecule has 0 radical (unpaired) electrons. The third kappa shape index (κ3) is 7.93. The number of rotatable bonds is 9. The van der Waals surface area contributed by atoms with Gasteiger partial charge in [-0.05, 0) is 91.7 Å². The maximum absolute atomic E-state index is 12.3. The van der Waals surface area contributed by atoms with Crippen LogP contribution in [-0.4, -0.2) is 37.3 Å². The van der Waals surface area contributed by atoms with Gasteiger partial charge in [-0.1, -0.05) is 18.2 Å². The number of carbonyl (C=O) groups is 1. The number of nitrogens with one attached hydrogen (secondary N) is 2. The number of hydrogen-bond donors (Lipinski definition) is 3. The maximum atomic E-state index is 12.3. The number of hydrogen-bond acceptors (Lipinski definition) is 6. The molecule has 0 aliphatic carbocycles. The van der Waals surface area contributed by atoms with Gasteiger partial charge in [0.1, 0.15) is 24.2 Å². The van der Waals surface area contributed by atoms with Crippen LogP contribution in [0.5, 0.6) is 23.0 Å². The summed E-state index contributed by atoms with van der Waals surface area (Å²) in [7, 11) is 1.48. The number of piperidine rings is 1. The summed E-state index contributed by atoms with van der Waals surface area (Å²) in [6.45, 7) is 2.37. The van der Waals surface area contributed by atoms with E-state index in [-0.39, 0.29) is 30.2 Å². The summed E-state index contributed by atoms with van der Waals surface area (Å²) in [4.78, 5) is 12.3. The minimum atomic E-state index is -0.264. The predicted molar refractivity (Wildman–Crippen MR) is 143 cm³/mol. The normalized spacial score (nSPS) is 13.6. The van der Waals surface area contributed by atoms with Crippen LogP contribution >= 0.6 is 12.4 Å². The molecule has 36 heavy (non-hydrogen) atoms. The molecule has 0 saturated carbocycles. The van der Waals surface area contributed by atoms with E-state index in [0.717, 1.165) is 48.6 Å². The summed E-state index contributed by atoms with van der Waals surface area (Å²) in [5.74, 6) is 1.75. The molecule has 3 aromatic carbocycles. The molecule has 0 atom stereocenters. The van der Waals surface area contributed by atoms with Crippen molar-refractivity contribution in [2.24, 2.45) is 0 Å². The van der Waals surface area contributed by atoms with Crippen LogP contribution in [0.3, 0.4) is 0 Å². The van der Waals surface area contributed by atoms with E-state index in [9.17, 15) is 9.90 Å². The number of anilines is 1. The first-order valence-corrected chi connectivity index (χ1v) is 11.6. The zero-order valence-corrected chi connectivity index (χ0v) is 20.9. The molecule has 1 aliphatic rings. The molecule has 1 aliphatic heterocycles. The number of benzene rings is 3. The van der Waals surface area contributed by atoms with Gasteiger partial charge in [0.15, 0.2) is 11.5 Å². The van der Waals surface area contributed by atoms with Crippen LogP contribution in [0.4, 0.5) is 5.69 Å². The van der Waals surface area contributed by atoms with Gasteiger partial charge in [-0.3, -0.25) is 4.79 Å². The fourth-order valence-corrected chi connectivity index (χ4v) is 3.78. The maximum Gasteiger partial charge on any atom is 0.248 e. The Morgan fingerprint density at radius 1 is 1.06 bits per heavy atom. The fourth-order valence-electron chi connectivity index (χ4n) is 3.78. The van der Waals surface area contributed by atoms with Crippen molar-refractivity contribution < 1.29 is 24.1 Å². The zero-order valence-electron chi connectivity index (χ0n) is 20.1. The van der Waals surface area contributed by atoms with Gasteiger partial charge in [-0.25, -0.2) is 0 Å². The minimum Gasteiger partial charge on any atom is -0.504 e. The Balaban J connectivity index is 0.00000361. The number of amides is 1. The molecule has 7 nitrogen and oxygen atoms in total. The van der Waals surface area contributed by atoms with Crippen LogP contribution in [0, 0.1) is 0 Å². The summed E-state index contributed by atoms with van der Waals surface area (Å²) in [6, 6.07) is 20.1. The first-order valence-electron chi connectivity index (χ1n) is 11.6. The van der Waals surface area contributed by atoms with E-state index in [0.29, 0.717) is 18.0 Å². The number of aromatic hydroxyl groups is 1.